The number of imidazole rings is 1. The number of fused-ring (bicyclic) bond motifs is 2. The van der Waals surface area contributed by atoms with Crippen LogP contribution in [0.5, 0.6) is 0 Å². The number of anilines is 1. The highest BCUT2D eigenvalue weighted by Gasteiger charge is 2.30. The van der Waals surface area contributed by atoms with E-state index in [9.17, 15) is 10.2 Å². The maximum Gasteiger partial charge on any atom is 0.184 e. The topological polar surface area (TPSA) is 100 Å². The third kappa shape index (κ3) is 3.88. The first-order chi connectivity index (χ1) is 16.1. The summed E-state index contributed by atoms with van der Waals surface area (Å²) in [6, 6.07) is 12.1. The molecule has 3 N–H and O–H groups in total. The van der Waals surface area contributed by atoms with Gasteiger partial charge in [-0.1, -0.05) is 17.4 Å². The SMILES string of the molecule is O[C@@H]1[C@H](O)CCC[C@H]1Nc1nc2ccc(Cc3cnc4cc(-n5cccn5)ccn34)cc2s1. The Hall–Kier alpha value is -3.27. The third-order valence-corrected chi connectivity index (χ3v) is 7.26. The molecule has 1 aromatic carbocycles. The van der Waals surface area contributed by atoms with E-state index in [1.165, 1.54) is 5.56 Å². The summed E-state index contributed by atoms with van der Waals surface area (Å²) < 4.78 is 5.02. The Morgan fingerprint density at radius 2 is 2.06 bits per heavy atom. The monoisotopic (exact) mass is 460 g/mol. The van der Waals surface area contributed by atoms with E-state index < -0.39 is 12.2 Å². The number of nitrogens with zero attached hydrogens (tertiary/aromatic N) is 5. The van der Waals surface area contributed by atoms with Gasteiger partial charge in [0.2, 0.25) is 0 Å². The molecule has 5 aromatic rings. The van der Waals surface area contributed by atoms with Crippen molar-refractivity contribution in [1.29, 1.82) is 0 Å². The number of thiazole rings is 1. The number of hydrogen-bond acceptors (Lipinski definition) is 7. The van der Waals surface area contributed by atoms with Crippen molar-refractivity contribution < 1.29 is 10.2 Å². The summed E-state index contributed by atoms with van der Waals surface area (Å²) in [6.45, 7) is 0. The van der Waals surface area contributed by atoms with Gasteiger partial charge in [-0.2, -0.15) is 5.10 Å². The van der Waals surface area contributed by atoms with Gasteiger partial charge in [0.15, 0.2) is 5.13 Å². The molecule has 0 bridgehead atoms. The quantitative estimate of drug-likeness (QED) is 0.372. The van der Waals surface area contributed by atoms with Gasteiger partial charge in [0, 0.05) is 43.0 Å². The molecule has 0 aliphatic heterocycles. The minimum atomic E-state index is -0.759. The summed E-state index contributed by atoms with van der Waals surface area (Å²) in [5.74, 6) is 0. The van der Waals surface area contributed by atoms with Gasteiger partial charge in [-0.3, -0.25) is 0 Å². The van der Waals surface area contributed by atoms with Gasteiger partial charge in [0.25, 0.3) is 0 Å². The number of nitrogens with one attached hydrogen (secondary N) is 1. The van der Waals surface area contributed by atoms with Crippen molar-refractivity contribution >= 4 is 32.3 Å². The van der Waals surface area contributed by atoms with E-state index in [2.05, 4.69) is 36.9 Å². The highest BCUT2D eigenvalue weighted by molar-refractivity contribution is 7.22. The van der Waals surface area contributed by atoms with E-state index in [0.717, 1.165) is 51.6 Å². The average molecular weight is 461 g/mol. The molecular weight excluding hydrogens is 436 g/mol. The number of aliphatic hydroxyl groups excluding tert-OH is 2. The summed E-state index contributed by atoms with van der Waals surface area (Å²) in [6.07, 6.45) is 9.34. The van der Waals surface area contributed by atoms with Crippen molar-refractivity contribution in [3.05, 3.63) is 72.4 Å². The van der Waals surface area contributed by atoms with E-state index in [0.29, 0.717) is 6.42 Å². The fourth-order valence-corrected chi connectivity index (χ4v) is 5.53. The summed E-state index contributed by atoms with van der Waals surface area (Å²) in [5, 5.41) is 28.6. The van der Waals surface area contributed by atoms with Crippen LogP contribution in [0.25, 0.3) is 21.6 Å². The Morgan fingerprint density at radius 1 is 1.12 bits per heavy atom. The van der Waals surface area contributed by atoms with E-state index >= 15 is 0 Å². The molecule has 168 valence electrons. The molecule has 0 amide bonds. The van der Waals surface area contributed by atoms with Gasteiger partial charge < -0.3 is 19.9 Å². The van der Waals surface area contributed by atoms with Crippen molar-refractivity contribution in [2.75, 3.05) is 5.32 Å². The van der Waals surface area contributed by atoms with Crippen LogP contribution in [0.3, 0.4) is 0 Å². The first-order valence-electron chi connectivity index (χ1n) is 11.1. The molecular formula is C24H24N6O2S. The zero-order valence-electron chi connectivity index (χ0n) is 17.9. The molecule has 0 saturated heterocycles. The minimum Gasteiger partial charge on any atom is -0.390 e. The number of rotatable bonds is 5. The van der Waals surface area contributed by atoms with Crippen molar-refractivity contribution in [2.45, 2.75) is 43.9 Å². The molecule has 1 fully saturated rings. The van der Waals surface area contributed by atoms with Gasteiger partial charge in [-0.25, -0.2) is 14.6 Å². The second-order valence-corrected chi connectivity index (χ2v) is 9.58. The Morgan fingerprint density at radius 3 is 2.94 bits per heavy atom. The lowest BCUT2D eigenvalue weighted by atomic mass is 9.90. The fraction of sp³-hybridized carbons (Fsp3) is 0.292. The molecule has 1 aliphatic carbocycles. The fourth-order valence-electron chi connectivity index (χ4n) is 4.54. The van der Waals surface area contributed by atoms with E-state index in [-0.39, 0.29) is 6.04 Å². The number of benzene rings is 1. The molecule has 6 rings (SSSR count). The maximum absolute atomic E-state index is 10.3. The Labute approximate surface area is 194 Å². The largest absolute Gasteiger partial charge is 0.390 e. The molecule has 4 aromatic heterocycles. The first kappa shape index (κ1) is 20.3. The van der Waals surface area contributed by atoms with Gasteiger partial charge in [0.05, 0.1) is 34.2 Å². The minimum absolute atomic E-state index is 0.168. The third-order valence-electron chi connectivity index (χ3n) is 6.31. The van der Waals surface area contributed by atoms with E-state index in [4.69, 9.17) is 0 Å². The van der Waals surface area contributed by atoms with Crippen LogP contribution in [0.4, 0.5) is 5.13 Å². The van der Waals surface area contributed by atoms with E-state index in [1.807, 2.05) is 47.5 Å². The van der Waals surface area contributed by atoms with Crippen LogP contribution in [0.2, 0.25) is 0 Å². The standard InChI is InChI=1S/C24H24N6O2S/c31-20-4-1-3-19(23(20)32)28-24-27-18-6-5-15(12-21(18)33-24)11-17-14-25-22-13-16(7-10-29(17)22)30-9-2-8-26-30/h2,5-10,12-14,19-20,23,31-32H,1,3-4,11H2,(H,27,28)/t19-,20-,23+/m1/s1. The molecule has 4 heterocycles. The van der Waals surface area contributed by atoms with Crippen LogP contribution in [0.15, 0.2) is 61.2 Å². The predicted octanol–water partition coefficient (Wildman–Crippen LogP) is 3.41. The Balaban J connectivity index is 1.23. The Kier molecular flexibility index (Phi) is 5.09. The molecule has 9 heteroatoms. The van der Waals surface area contributed by atoms with Crippen molar-refractivity contribution in [1.82, 2.24) is 24.1 Å². The van der Waals surface area contributed by atoms with Crippen LogP contribution < -0.4 is 5.32 Å². The lowest BCUT2D eigenvalue weighted by molar-refractivity contribution is -0.0161. The molecule has 0 radical (unpaired) electrons. The van der Waals surface area contributed by atoms with Crippen LogP contribution in [-0.2, 0) is 6.42 Å². The summed E-state index contributed by atoms with van der Waals surface area (Å²) in [7, 11) is 0. The summed E-state index contributed by atoms with van der Waals surface area (Å²) in [5.41, 5.74) is 5.09. The first-order valence-corrected chi connectivity index (χ1v) is 11.9. The highest BCUT2D eigenvalue weighted by Crippen LogP contribution is 2.30. The van der Waals surface area contributed by atoms with Gasteiger partial charge in [-0.15, -0.1) is 0 Å². The number of pyridine rings is 1. The normalized spacial score (nSPS) is 21.1. The van der Waals surface area contributed by atoms with Crippen LogP contribution >= 0.6 is 11.3 Å². The van der Waals surface area contributed by atoms with Crippen molar-refractivity contribution in [2.24, 2.45) is 0 Å². The molecule has 3 atom stereocenters. The van der Waals surface area contributed by atoms with E-state index in [1.54, 1.807) is 17.5 Å². The van der Waals surface area contributed by atoms with Gasteiger partial charge in [0.1, 0.15) is 5.65 Å². The molecule has 0 unspecified atom stereocenters. The highest BCUT2D eigenvalue weighted by atomic mass is 32.1. The second kappa shape index (κ2) is 8.26. The molecule has 1 saturated carbocycles. The maximum atomic E-state index is 10.3. The van der Waals surface area contributed by atoms with Crippen molar-refractivity contribution in [3.8, 4) is 5.69 Å². The summed E-state index contributed by atoms with van der Waals surface area (Å²) in [4.78, 5) is 9.27. The predicted molar refractivity (Wildman–Crippen MR) is 128 cm³/mol. The van der Waals surface area contributed by atoms with Gasteiger partial charge >= 0.3 is 0 Å². The molecule has 33 heavy (non-hydrogen) atoms. The average Bonchev–Trinajstić information content (AvgIpc) is 3.56. The molecule has 8 nitrogen and oxygen atoms in total. The zero-order chi connectivity index (χ0) is 22.4. The number of aliphatic hydroxyl groups is 2. The smallest absolute Gasteiger partial charge is 0.184 e. The zero-order valence-corrected chi connectivity index (χ0v) is 18.7. The molecule has 1 aliphatic rings. The van der Waals surface area contributed by atoms with Crippen LogP contribution in [0.1, 0.15) is 30.5 Å². The lowest BCUT2D eigenvalue weighted by Crippen LogP contribution is -2.45. The van der Waals surface area contributed by atoms with Crippen LogP contribution in [-0.4, -0.2) is 52.6 Å². The summed E-state index contributed by atoms with van der Waals surface area (Å²) >= 11 is 1.58. The number of hydrogen-bond donors (Lipinski definition) is 3. The lowest BCUT2D eigenvalue weighted by Gasteiger charge is -2.32. The molecule has 0 spiro atoms. The second-order valence-electron chi connectivity index (χ2n) is 8.55. The van der Waals surface area contributed by atoms with Gasteiger partial charge in [-0.05, 0) is 49.1 Å². The Bertz CT molecular complexity index is 1410. The van der Waals surface area contributed by atoms with Crippen molar-refractivity contribution in [3.63, 3.8) is 0 Å². The number of aromatic nitrogens is 5. The van der Waals surface area contributed by atoms with Crippen LogP contribution in [0, 0.1) is 0 Å².